The first-order valence-corrected chi connectivity index (χ1v) is 8.00. The number of rotatable bonds is 4. The second kappa shape index (κ2) is 7.10. The van der Waals surface area contributed by atoms with Crippen molar-refractivity contribution in [3.05, 3.63) is 47.3 Å². The van der Waals surface area contributed by atoms with Gasteiger partial charge in [0.05, 0.1) is 11.1 Å². The molecule has 23 heavy (non-hydrogen) atoms. The zero-order valence-corrected chi connectivity index (χ0v) is 13.7. The van der Waals surface area contributed by atoms with Crippen molar-refractivity contribution in [3.8, 4) is 0 Å². The lowest BCUT2D eigenvalue weighted by Gasteiger charge is -2.30. The minimum absolute atomic E-state index is 0.163. The third-order valence-electron chi connectivity index (χ3n) is 4.12. The van der Waals surface area contributed by atoms with E-state index in [9.17, 15) is 4.79 Å². The van der Waals surface area contributed by atoms with Crippen LogP contribution in [0.5, 0.6) is 0 Å². The number of pyridine rings is 1. The van der Waals surface area contributed by atoms with Crippen LogP contribution in [0.15, 0.2) is 30.7 Å². The summed E-state index contributed by atoms with van der Waals surface area (Å²) in [5.41, 5.74) is 0.348. The number of aromatic nitrogens is 3. The smallest absolute Gasteiger partial charge is 0.270 e. The van der Waals surface area contributed by atoms with Crippen LogP contribution in [0, 0.1) is 5.92 Å². The lowest BCUT2D eigenvalue weighted by molar-refractivity contribution is 0.0498. The van der Waals surface area contributed by atoms with Crippen molar-refractivity contribution < 1.29 is 9.53 Å². The van der Waals surface area contributed by atoms with Gasteiger partial charge in [0.25, 0.3) is 5.91 Å². The zero-order valence-electron chi connectivity index (χ0n) is 12.9. The maximum atomic E-state index is 12.5. The van der Waals surface area contributed by atoms with E-state index in [2.05, 4.69) is 15.3 Å². The predicted octanol–water partition coefficient (Wildman–Crippen LogP) is 2.37. The summed E-state index contributed by atoms with van der Waals surface area (Å²) < 4.78 is 7.37. The molecule has 0 bridgehead atoms. The molecule has 0 spiro atoms. The molecule has 3 rings (SSSR count). The maximum absolute atomic E-state index is 12.5. The van der Waals surface area contributed by atoms with E-state index in [0.29, 0.717) is 29.8 Å². The third-order valence-corrected chi connectivity index (χ3v) is 4.34. The first kappa shape index (κ1) is 16.0. The highest BCUT2D eigenvalue weighted by atomic mass is 35.5. The molecule has 7 heteroatoms. The second-order valence-electron chi connectivity index (χ2n) is 5.66. The summed E-state index contributed by atoms with van der Waals surface area (Å²) in [4.78, 5) is 21.0. The third kappa shape index (κ3) is 3.71. The highest BCUT2D eigenvalue weighted by Gasteiger charge is 2.30. The molecule has 122 valence electrons. The largest absolute Gasteiger partial charge is 0.381 e. The van der Waals surface area contributed by atoms with E-state index in [1.54, 1.807) is 18.3 Å². The average molecular weight is 335 g/mol. The molecule has 0 aromatic carbocycles. The molecule has 0 unspecified atom stereocenters. The van der Waals surface area contributed by atoms with Gasteiger partial charge in [-0.15, -0.1) is 0 Å². The minimum atomic E-state index is -0.221. The fourth-order valence-corrected chi connectivity index (χ4v) is 2.96. The molecule has 1 N–H and O–H groups in total. The average Bonchev–Trinajstić information content (AvgIpc) is 2.99. The Morgan fingerprint density at radius 1 is 1.39 bits per heavy atom. The molecule has 2 aromatic heterocycles. The molecule has 1 amide bonds. The van der Waals surface area contributed by atoms with Crippen molar-refractivity contribution in [1.29, 1.82) is 0 Å². The normalized spacial score (nSPS) is 17.0. The first-order chi connectivity index (χ1) is 11.1. The van der Waals surface area contributed by atoms with Gasteiger partial charge < -0.3 is 14.6 Å². The number of ether oxygens (including phenoxy) is 1. The van der Waals surface area contributed by atoms with Crippen molar-refractivity contribution >= 4 is 17.5 Å². The van der Waals surface area contributed by atoms with Gasteiger partial charge in [0.1, 0.15) is 11.5 Å². The Morgan fingerprint density at radius 2 is 2.17 bits per heavy atom. The van der Waals surface area contributed by atoms with E-state index in [1.165, 1.54) is 6.20 Å². The molecule has 1 aliphatic heterocycles. The number of carbonyl (C=O) groups excluding carboxylic acids is 1. The Kier molecular flexibility index (Phi) is 4.93. The fourth-order valence-electron chi connectivity index (χ4n) is 2.84. The SMILES string of the molecule is Cn1ccnc1[C@H](NC(=O)c1ccc(Cl)cn1)C1CCOCC1. The van der Waals surface area contributed by atoms with Gasteiger partial charge >= 0.3 is 0 Å². The van der Waals surface area contributed by atoms with Gasteiger partial charge in [-0.1, -0.05) is 11.6 Å². The van der Waals surface area contributed by atoms with Gasteiger partial charge in [-0.05, 0) is 30.9 Å². The van der Waals surface area contributed by atoms with Crippen LogP contribution in [0.25, 0.3) is 0 Å². The van der Waals surface area contributed by atoms with Gasteiger partial charge in [-0.25, -0.2) is 9.97 Å². The number of aryl methyl sites for hydroxylation is 1. The van der Waals surface area contributed by atoms with Crippen LogP contribution in [0.2, 0.25) is 5.02 Å². The molecule has 6 nitrogen and oxygen atoms in total. The molecular weight excluding hydrogens is 316 g/mol. The summed E-state index contributed by atoms with van der Waals surface area (Å²) >= 11 is 5.82. The van der Waals surface area contributed by atoms with E-state index in [1.807, 2.05) is 17.8 Å². The molecule has 2 aromatic rings. The molecule has 0 aliphatic carbocycles. The van der Waals surface area contributed by atoms with Crippen LogP contribution >= 0.6 is 11.6 Å². The van der Waals surface area contributed by atoms with E-state index in [-0.39, 0.29) is 11.9 Å². The highest BCUT2D eigenvalue weighted by molar-refractivity contribution is 6.30. The standard InChI is InChI=1S/C16H19ClN4O2/c1-21-7-6-18-15(21)14(11-4-8-23-9-5-11)20-16(22)13-3-2-12(17)10-19-13/h2-3,6-7,10-11,14H,4-5,8-9H2,1H3,(H,20,22)/t14-/m1/s1. The molecule has 1 aliphatic rings. The Hall–Kier alpha value is -1.92. The summed E-state index contributed by atoms with van der Waals surface area (Å²) in [6, 6.07) is 3.12. The topological polar surface area (TPSA) is 69.0 Å². The first-order valence-electron chi connectivity index (χ1n) is 7.62. The quantitative estimate of drug-likeness (QED) is 0.932. The van der Waals surface area contributed by atoms with Crippen molar-refractivity contribution in [2.24, 2.45) is 13.0 Å². The molecule has 0 radical (unpaired) electrons. The number of halogens is 1. The van der Waals surface area contributed by atoms with Crippen molar-refractivity contribution in [3.63, 3.8) is 0 Å². The number of carbonyl (C=O) groups is 1. The van der Waals surface area contributed by atoms with Crippen molar-refractivity contribution in [2.45, 2.75) is 18.9 Å². The number of imidazole rings is 1. The molecule has 0 saturated carbocycles. The van der Waals surface area contributed by atoms with E-state index < -0.39 is 0 Å². The van der Waals surface area contributed by atoms with Gasteiger partial charge in [0.2, 0.25) is 0 Å². The van der Waals surface area contributed by atoms with Gasteiger partial charge in [-0.3, -0.25) is 4.79 Å². The summed E-state index contributed by atoms with van der Waals surface area (Å²) in [7, 11) is 1.93. The van der Waals surface area contributed by atoms with Crippen LogP contribution in [0.3, 0.4) is 0 Å². The van der Waals surface area contributed by atoms with Crippen LogP contribution < -0.4 is 5.32 Å². The zero-order chi connectivity index (χ0) is 16.2. The molecule has 1 fully saturated rings. The van der Waals surface area contributed by atoms with Crippen LogP contribution in [-0.4, -0.2) is 33.7 Å². The minimum Gasteiger partial charge on any atom is -0.381 e. The van der Waals surface area contributed by atoms with Crippen LogP contribution in [0.4, 0.5) is 0 Å². The number of amides is 1. The Morgan fingerprint density at radius 3 is 2.78 bits per heavy atom. The monoisotopic (exact) mass is 334 g/mol. The molecule has 1 atom stereocenters. The number of hydrogen-bond donors (Lipinski definition) is 1. The Labute approximate surface area is 139 Å². The summed E-state index contributed by atoms with van der Waals surface area (Å²) in [6.45, 7) is 1.42. The van der Waals surface area contributed by atoms with Crippen LogP contribution in [0.1, 0.15) is 35.2 Å². The van der Waals surface area contributed by atoms with Gasteiger partial charge in [0, 0.05) is 38.9 Å². The fraction of sp³-hybridized carbons (Fsp3) is 0.438. The molecule has 1 saturated heterocycles. The lowest BCUT2D eigenvalue weighted by atomic mass is 9.91. The van der Waals surface area contributed by atoms with Gasteiger partial charge in [0.15, 0.2) is 0 Å². The van der Waals surface area contributed by atoms with E-state index >= 15 is 0 Å². The lowest BCUT2D eigenvalue weighted by Crippen LogP contribution is -2.37. The second-order valence-corrected chi connectivity index (χ2v) is 6.10. The summed E-state index contributed by atoms with van der Waals surface area (Å²) in [6.07, 6.45) is 6.89. The highest BCUT2D eigenvalue weighted by Crippen LogP contribution is 2.29. The number of nitrogens with zero attached hydrogens (tertiary/aromatic N) is 3. The maximum Gasteiger partial charge on any atom is 0.270 e. The van der Waals surface area contributed by atoms with Crippen molar-refractivity contribution in [2.75, 3.05) is 13.2 Å². The summed E-state index contributed by atoms with van der Waals surface area (Å²) in [5, 5.41) is 3.59. The van der Waals surface area contributed by atoms with E-state index in [0.717, 1.165) is 18.7 Å². The molecule has 3 heterocycles. The van der Waals surface area contributed by atoms with Gasteiger partial charge in [-0.2, -0.15) is 0 Å². The van der Waals surface area contributed by atoms with Crippen molar-refractivity contribution in [1.82, 2.24) is 19.9 Å². The number of hydrogen-bond acceptors (Lipinski definition) is 4. The van der Waals surface area contributed by atoms with Crippen LogP contribution in [-0.2, 0) is 11.8 Å². The number of nitrogens with one attached hydrogen (secondary N) is 1. The van der Waals surface area contributed by atoms with E-state index in [4.69, 9.17) is 16.3 Å². The molecular formula is C16H19ClN4O2. The Balaban J connectivity index is 1.82. The Bertz CT molecular complexity index is 665. The summed E-state index contributed by atoms with van der Waals surface area (Å²) in [5.74, 6) is 0.918. The predicted molar refractivity (Wildman–Crippen MR) is 86.2 cm³/mol.